The molecule has 0 aliphatic carbocycles. The van der Waals surface area contributed by atoms with Crippen molar-refractivity contribution in [2.45, 2.75) is 0 Å². The molecular formula is C123H77N9. The van der Waals surface area contributed by atoms with Crippen molar-refractivity contribution >= 4 is 131 Å². The van der Waals surface area contributed by atoms with Gasteiger partial charge in [0.25, 0.3) is 0 Å². The van der Waals surface area contributed by atoms with Crippen LogP contribution in [-0.2, 0) is 0 Å². The number of para-hydroxylation sites is 8. The van der Waals surface area contributed by atoms with Crippen LogP contribution in [0.2, 0.25) is 0 Å². The molecule has 0 saturated heterocycles. The van der Waals surface area contributed by atoms with Crippen molar-refractivity contribution in [1.29, 1.82) is 0 Å². The molecule has 0 N–H and O–H groups in total. The van der Waals surface area contributed by atoms with E-state index in [0.717, 1.165) is 172 Å². The molecule has 0 radical (unpaired) electrons. The minimum absolute atomic E-state index is 0.547. The molecule has 0 unspecified atom stereocenters. The Bertz CT molecular complexity index is 8470. The molecule has 7 aromatic heterocycles. The van der Waals surface area contributed by atoms with Crippen LogP contribution >= 0.6 is 0 Å². The van der Waals surface area contributed by atoms with Crippen molar-refractivity contribution in [3.63, 3.8) is 0 Å². The van der Waals surface area contributed by atoms with E-state index >= 15 is 0 Å². The molecule has 0 spiro atoms. The molecule has 0 aliphatic heterocycles. The van der Waals surface area contributed by atoms with E-state index in [1.165, 1.54) is 65.2 Å². The standard InChI is InChI=1S/C123H77N9/c1-6-28-78(29-7-1)95-42-16-17-47-100(95)123-125-121(87-30-26-40-93(68-87)131-117-64-56-83(79-52-60-113-101(70-79)96-43-18-22-48-109(96)127(113)89-32-8-2-9-33-89)74-105(117)106-75-84(57-65-118(106)131)80-53-61-114-102(71-80)97-44-19-23-49-110(97)128(114)90-34-10-3-11-35-90)124-122(126-123)88-31-27-41-94(69-88)132-119-66-58-85(81-54-62-115-103(72-81)98-45-20-24-50-111(98)129(115)91-36-12-4-13-37-91)76-107(119)108-77-86(59-67-120(108)132)82-55-63-116-104(73-82)99-46-21-25-51-112(99)130(116)92-38-14-5-15-39-92/h1-77H. The molecular weight excluding hydrogens is 1600 g/mol. The average Bonchev–Trinajstić information content (AvgIpc) is 1.58. The third-order valence-electron chi connectivity index (χ3n) is 27.2. The van der Waals surface area contributed by atoms with Crippen molar-refractivity contribution < 1.29 is 0 Å². The normalized spacial score (nSPS) is 11.9. The second kappa shape index (κ2) is 29.9. The van der Waals surface area contributed by atoms with E-state index in [-0.39, 0.29) is 0 Å². The highest BCUT2D eigenvalue weighted by atomic mass is 15.1. The fourth-order valence-electron chi connectivity index (χ4n) is 21.2. The summed E-state index contributed by atoms with van der Waals surface area (Å²) in [7, 11) is 0. The van der Waals surface area contributed by atoms with Gasteiger partial charge in [-0.3, -0.25) is 0 Å². The highest BCUT2D eigenvalue weighted by molar-refractivity contribution is 6.18. The zero-order chi connectivity index (χ0) is 86.6. The number of hydrogen-bond donors (Lipinski definition) is 0. The zero-order valence-corrected chi connectivity index (χ0v) is 71.5. The maximum Gasteiger partial charge on any atom is 0.164 e. The minimum atomic E-state index is 0.547. The van der Waals surface area contributed by atoms with Crippen LogP contribution in [0.25, 0.3) is 255 Å². The van der Waals surface area contributed by atoms with Crippen LogP contribution < -0.4 is 0 Å². The summed E-state index contributed by atoms with van der Waals surface area (Å²) in [6, 6.07) is 171. The summed E-state index contributed by atoms with van der Waals surface area (Å²) in [4.78, 5) is 16.9. The molecule has 614 valence electrons. The zero-order valence-electron chi connectivity index (χ0n) is 71.5. The fourth-order valence-corrected chi connectivity index (χ4v) is 21.2. The lowest BCUT2D eigenvalue weighted by Gasteiger charge is -2.14. The summed E-state index contributed by atoms with van der Waals surface area (Å²) in [5.74, 6) is 1.66. The van der Waals surface area contributed by atoms with E-state index in [0.29, 0.717) is 17.5 Å². The largest absolute Gasteiger partial charge is 0.309 e. The van der Waals surface area contributed by atoms with Crippen LogP contribution in [-0.4, -0.2) is 42.4 Å². The monoisotopic (exact) mass is 1680 g/mol. The van der Waals surface area contributed by atoms with Gasteiger partial charge in [0.15, 0.2) is 17.5 Å². The topological polar surface area (TPSA) is 68.2 Å². The summed E-state index contributed by atoms with van der Waals surface area (Å²) in [6.45, 7) is 0. The number of aromatic nitrogens is 9. The number of rotatable bonds is 14. The molecule has 0 atom stereocenters. The SMILES string of the molecule is c1ccc(-c2ccccc2-c2nc(-c3cccc(-n4c5ccc(-c6ccc7c(c6)c6ccccc6n7-c6ccccc6)cc5c5cc(-c6ccc7c(c6)c6ccccc6n7-c6ccccc6)ccc54)c3)nc(-c3cccc(-n4c5ccc(-c6ccc7c(c6)c6ccccc6n7-c6ccccc6)cc5c5cc(-c6ccc7c(c6)c6ccccc6n7-c6ccccc6)ccc54)c3)n2)cc1. The van der Waals surface area contributed by atoms with Crippen molar-refractivity contribution in [1.82, 2.24) is 42.4 Å². The first-order valence-electron chi connectivity index (χ1n) is 45.1. The van der Waals surface area contributed by atoms with E-state index in [1.807, 2.05) is 0 Å². The Kier molecular flexibility index (Phi) is 16.9. The van der Waals surface area contributed by atoms with Crippen molar-refractivity contribution in [2.24, 2.45) is 0 Å². The Morgan fingerprint density at radius 3 is 0.591 bits per heavy atom. The van der Waals surface area contributed by atoms with Gasteiger partial charge in [-0.2, -0.15) is 0 Å². The molecule has 9 nitrogen and oxygen atoms in total. The Morgan fingerprint density at radius 1 is 0.114 bits per heavy atom. The predicted octanol–water partition coefficient (Wildman–Crippen LogP) is 31.8. The van der Waals surface area contributed by atoms with Crippen LogP contribution in [0.4, 0.5) is 0 Å². The van der Waals surface area contributed by atoms with Crippen LogP contribution in [0.1, 0.15) is 0 Å². The van der Waals surface area contributed by atoms with Gasteiger partial charge in [0.2, 0.25) is 0 Å². The molecule has 27 rings (SSSR count). The lowest BCUT2D eigenvalue weighted by molar-refractivity contribution is 1.07. The van der Waals surface area contributed by atoms with Gasteiger partial charge in [0, 0.05) is 115 Å². The molecule has 9 heteroatoms. The lowest BCUT2D eigenvalue weighted by atomic mass is 9.98. The maximum atomic E-state index is 5.67. The van der Waals surface area contributed by atoms with Crippen molar-refractivity contribution in [2.75, 3.05) is 0 Å². The smallest absolute Gasteiger partial charge is 0.164 e. The van der Waals surface area contributed by atoms with Gasteiger partial charge in [0.1, 0.15) is 0 Å². The summed E-state index contributed by atoms with van der Waals surface area (Å²) < 4.78 is 14.4. The third kappa shape index (κ3) is 11.9. The molecule has 7 heterocycles. The summed E-state index contributed by atoms with van der Waals surface area (Å²) >= 11 is 0. The van der Waals surface area contributed by atoms with Crippen molar-refractivity contribution in [3.8, 4) is 124 Å². The third-order valence-corrected chi connectivity index (χ3v) is 27.2. The number of hydrogen-bond acceptors (Lipinski definition) is 3. The number of fused-ring (bicyclic) bond motifs is 18. The second-order valence-corrected chi connectivity index (χ2v) is 34.6. The van der Waals surface area contributed by atoms with Gasteiger partial charge >= 0.3 is 0 Å². The second-order valence-electron chi connectivity index (χ2n) is 34.6. The van der Waals surface area contributed by atoms with E-state index in [4.69, 9.17) is 15.0 Å². The highest BCUT2D eigenvalue weighted by Gasteiger charge is 2.26. The summed E-state index contributed by atoms with van der Waals surface area (Å²) in [5, 5.41) is 14.2. The molecule has 0 bridgehead atoms. The van der Waals surface area contributed by atoms with Crippen LogP contribution in [0, 0.1) is 0 Å². The molecule has 0 aliphatic rings. The van der Waals surface area contributed by atoms with Gasteiger partial charge in [0.05, 0.1) is 66.2 Å². The molecule has 132 heavy (non-hydrogen) atoms. The van der Waals surface area contributed by atoms with Gasteiger partial charge in [-0.25, -0.2) is 15.0 Å². The van der Waals surface area contributed by atoms with E-state index in [9.17, 15) is 0 Å². The number of nitrogens with zero attached hydrogens (tertiary/aromatic N) is 9. The minimum Gasteiger partial charge on any atom is -0.309 e. The Labute approximate surface area is 759 Å². The van der Waals surface area contributed by atoms with Gasteiger partial charge in [-0.1, -0.05) is 273 Å². The van der Waals surface area contributed by atoms with Crippen LogP contribution in [0.15, 0.2) is 467 Å². The van der Waals surface area contributed by atoms with Gasteiger partial charge < -0.3 is 27.4 Å². The predicted molar refractivity (Wildman–Crippen MR) is 549 cm³/mol. The Balaban J connectivity index is 0.623. The molecule has 20 aromatic carbocycles. The first-order valence-corrected chi connectivity index (χ1v) is 45.1. The van der Waals surface area contributed by atoms with Crippen LogP contribution in [0.5, 0.6) is 0 Å². The molecule has 27 aromatic rings. The van der Waals surface area contributed by atoms with E-state index in [1.54, 1.807) is 0 Å². The lowest BCUT2D eigenvalue weighted by Crippen LogP contribution is -2.02. The first kappa shape index (κ1) is 74.5. The average molecular weight is 1680 g/mol. The molecule has 0 fully saturated rings. The van der Waals surface area contributed by atoms with Gasteiger partial charge in [-0.05, 0) is 250 Å². The summed E-state index contributed by atoms with van der Waals surface area (Å²) in [6.07, 6.45) is 0. The Morgan fingerprint density at radius 2 is 0.311 bits per heavy atom. The van der Waals surface area contributed by atoms with Gasteiger partial charge in [-0.15, -0.1) is 0 Å². The molecule has 0 saturated carbocycles. The van der Waals surface area contributed by atoms with E-state index in [2.05, 4.69) is 495 Å². The first-order chi connectivity index (χ1) is 65.4. The molecule has 0 amide bonds. The van der Waals surface area contributed by atoms with E-state index < -0.39 is 0 Å². The van der Waals surface area contributed by atoms with Crippen molar-refractivity contribution in [3.05, 3.63) is 467 Å². The highest BCUT2D eigenvalue weighted by Crippen LogP contribution is 2.47. The fraction of sp³-hybridized carbons (Fsp3) is 0. The van der Waals surface area contributed by atoms with Crippen LogP contribution in [0.3, 0.4) is 0 Å². The quantitative estimate of drug-likeness (QED) is 0.109. The Hall–Kier alpha value is -17.8. The number of benzene rings is 20. The summed E-state index contributed by atoms with van der Waals surface area (Å²) in [5.41, 5.74) is 33.9. The maximum absolute atomic E-state index is 5.67.